The number of rotatable bonds is 5. The maximum atomic E-state index is 12.6. The summed E-state index contributed by atoms with van der Waals surface area (Å²) in [4.78, 5) is 15.5. The summed E-state index contributed by atoms with van der Waals surface area (Å²) >= 11 is 1.67. The minimum absolute atomic E-state index is 0.0233. The lowest BCUT2D eigenvalue weighted by Crippen LogP contribution is -2.40. The summed E-state index contributed by atoms with van der Waals surface area (Å²) in [5, 5.41) is 5.18. The molecule has 0 bridgehead atoms. The Morgan fingerprint density at radius 1 is 1.24 bits per heavy atom. The highest BCUT2D eigenvalue weighted by Gasteiger charge is 2.21. The first-order valence-electron chi connectivity index (χ1n) is 8.48. The molecule has 3 rings (SSSR count). The van der Waals surface area contributed by atoms with Gasteiger partial charge in [-0.15, -0.1) is 11.3 Å². The van der Waals surface area contributed by atoms with Crippen molar-refractivity contribution in [3.05, 3.63) is 46.2 Å². The highest BCUT2D eigenvalue weighted by molar-refractivity contribution is 7.10. The van der Waals surface area contributed by atoms with Gasteiger partial charge in [-0.05, 0) is 35.1 Å². The number of benzene rings is 1. The van der Waals surface area contributed by atoms with E-state index in [2.05, 4.69) is 25.2 Å². The van der Waals surface area contributed by atoms with Crippen LogP contribution < -0.4 is 14.8 Å². The standard InChI is InChI=1S/C19H24N2O3S/c1-13(2)18(17-5-4-10-25-17)20-19(22)21(3)12-14-6-7-15-16(11-14)24-9-8-23-15/h4-7,10-11,13,18H,8-9,12H2,1-3H3,(H,20,22)/t18-/m1/s1. The van der Waals surface area contributed by atoms with Gasteiger partial charge < -0.3 is 19.7 Å². The van der Waals surface area contributed by atoms with Gasteiger partial charge in [0.2, 0.25) is 0 Å². The first kappa shape index (κ1) is 17.6. The van der Waals surface area contributed by atoms with Gasteiger partial charge in [-0.2, -0.15) is 0 Å². The Morgan fingerprint density at radius 2 is 2.00 bits per heavy atom. The van der Waals surface area contributed by atoms with Gasteiger partial charge in [0.25, 0.3) is 0 Å². The Balaban J connectivity index is 1.64. The molecule has 6 heteroatoms. The van der Waals surface area contributed by atoms with Crippen molar-refractivity contribution in [2.75, 3.05) is 20.3 Å². The van der Waals surface area contributed by atoms with Crippen LogP contribution in [-0.4, -0.2) is 31.2 Å². The summed E-state index contributed by atoms with van der Waals surface area (Å²) in [6.45, 7) is 5.88. The van der Waals surface area contributed by atoms with Crippen molar-refractivity contribution in [1.82, 2.24) is 10.2 Å². The van der Waals surface area contributed by atoms with Crippen LogP contribution in [0.3, 0.4) is 0 Å². The van der Waals surface area contributed by atoms with Crippen LogP contribution in [-0.2, 0) is 6.54 Å². The van der Waals surface area contributed by atoms with Crippen LogP contribution >= 0.6 is 11.3 Å². The normalized spacial score (nSPS) is 14.2. The van der Waals surface area contributed by atoms with Crippen molar-refractivity contribution in [3.8, 4) is 11.5 Å². The average Bonchev–Trinajstić information content (AvgIpc) is 3.13. The fraction of sp³-hybridized carbons (Fsp3) is 0.421. The zero-order valence-electron chi connectivity index (χ0n) is 14.8. The van der Waals surface area contributed by atoms with E-state index in [0.717, 1.165) is 17.1 Å². The van der Waals surface area contributed by atoms with E-state index < -0.39 is 0 Å². The maximum Gasteiger partial charge on any atom is 0.317 e. The summed E-state index contributed by atoms with van der Waals surface area (Å²) < 4.78 is 11.1. The van der Waals surface area contributed by atoms with Gasteiger partial charge in [0.15, 0.2) is 11.5 Å². The summed E-state index contributed by atoms with van der Waals surface area (Å²) in [7, 11) is 1.80. The molecule has 0 saturated carbocycles. The summed E-state index contributed by atoms with van der Waals surface area (Å²) in [5.74, 6) is 1.83. The van der Waals surface area contributed by atoms with Crippen LogP contribution in [0.15, 0.2) is 35.7 Å². The van der Waals surface area contributed by atoms with Gasteiger partial charge in [-0.25, -0.2) is 4.79 Å². The van der Waals surface area contributed by atoms with Crippen molar-refractivity contribution in [3.63, 3.8) is 0 Å². The van der Waals surface area contributed by atoms with E-state index >= 15 is 0 Å². The third-order valence-electron chi connectivity index (χ3n) is 4.17. The van der Waals surface area contributed by atoms with Crippen LogP contribution in [0.2, 0.25) is 0 Å². The highest BCUT2D eigenvalue weighted by Crippen LogP contribution is 2.31. The monoisotopic (exact) mass is 360 g/mol. The molecule has 0 fully saturated rings. The van der Waals surface area contributed by atoms with Gasteiger partial charge in [-0.1, -0.05) is 26.0 Å². The SMILES string of the molecule is CC(C)[C@@H](NC(=O)N(C)Cc1ccc2c(c1)OCCO2)c1cccs1. The van der Waals surface area contributed by atoms with E-state index in [0.29, 0.717) is 25.7 Å². The van der Waals surface area contributed by atoms with Crippen LogP contribution in [0.4, 0.5) is 4.79 Å². The highest BCUT2D eigenvalue weighted by atomic mass is 32.1. The number of amides is 2. The fourth-order valence-corrected chi connectivity index (χ4v) is 3.76. The van der Waals surface area contributed by atoms with Crippen LogP contribution in [0.25, 0.3) is 0 Å². The number of fused-ring (bicyclic) bond motifs is 1. The summed E-state index contributed by atoms with van der Waals surface area (Å²) in [5.41, 5.74) is 1.01. The molecule has 25 heavy (non-hydrogen) atoms. The second-order valence-electron chi connectivity index (χ2n) is 6.52. The lowest BCUT2D eigenvalue weighted by molar-refractivity contribution is 0.171. The summed E-state index contributed by atoms with van der Waals surface area (Å²) in [6, 6.07) is 9.83. The molecule has 0 aliphatic carbocycles. The third kappa shape index (κ3) is 4.25. The van der Waals surface area contributed by atoms with Gasteiger partial charge in [-0.3, -0.25) is 0 Å². The number of nitrogens with zero attached hydrogens (tertiary/aromatic N) is 1. The Labute approximate surface area is 152 Å². The molecule has 1 atom stereocenters. The Hall–Kier alpha value is -2.21. The van der Waals surface area contributed by atoms with E-state index in [9.17, 15) is 4.79 Å². The minimum Gasteiger partial charge on any atom is -0.486 e. The number of carbonyl (C=O) groups excluding carboxylic acids is 1. The van der Waals surface area contributed by atoms with Crippen LogP contribution in [0.1, 0.15) is 30.3 Å². The lowest BCUT2D eigenvalue weighted by Gasteiger charge is -2.26. The molecular formula is C19H24N2O3S. The fourth-order valence-electron chi connectivity index (χ4n) is 2.81. The molecule has 1 aliphatic rings. The number of hydrogen-bond acceptors (Lipinski definition) is 4. The van der Waals surface area contributed by atoms with Crippen LogP contribution in [0, 0.1) is 5.92 Å². The smallest absolute Gasteiger partial charge is 0.317 e. The topological polar surface area (TPSA) is 50.8 Å². The number of thiophene rings is 1. The van der Waals surface area contributed by atoms with Gasteiger partial charge >= 0.3 is 6.03 Å². The molecule has 0 radical (unpaired) electrons. The van der Waals surface area contributed by atoms with Crippen molar-refractivity contribution in [2.45, 2.75) is 26.4 Å². The number of urea groups is 1. The average molecular weight is 360 g/mol. The maximum absolute atomic E-state index is 12.6. The molecular weight excluding hydrogens is 336 g/mol. The molecule has 1 aromatic heterocycles. The van der Waals surface area contributed by atoms with Gasteiger partial charge in [0, 0.05) is 18.5 Å². The van der Waals surface area contributed by atoms with Crippen molar-refractivity contribution < 1.29 is 14.3 Å². The van der Waals surface area contributed by atoms with E-state index in [4.69, 9.17) is 9.47 Å². The van der Waals surface area contributed by atoms with E-state index in [1.165, 1.54) is 4.88 Å². The van der Waals surface area contributed by atoms with Gasteiger partial charge in [0.1, 0.15) is 13.2 Å². The third-order valence-corrected chi connectivity index (χ3v) is 5.12. The van der Waals surface area contributed by atoms with Crippen molar-refractivity contribution in [1.29, 1.82) is 0 Å². The molecule has 0 unspecified atom stereocenters. The molecule has 0 saturated heterocycles. The second-order valence-corrected chi connectivity index (χ2v) is 7.50. The number of hydrogen-bond donors (Lipinski definition) is 1. The quantitative estimate of drug-likeness (QED) is 0.875. The molecule has 2 amide bonds. The largest absolute Gasteiger partial charge is 0.486 e. The predicted molar refractivity (Wildman–Crippen MR) is 99.3 cm³/mol. The molecule has 1 aliphatic heterocycles. The molecule has 134 valence electrons. The van der Waals surface area contributed by atoms with Crippen LogP contribution in [0.5, 0.6) is 11.5 Å². The van der Waals surface area contributed by atoms with E-state index in [1.807, 2.05) is 29.6 Å². The molecule has 2 heterocycles. The van der Waals surface area contributed by atoms with Crippen molar-refractivity contribution in [2.24, 2.45) is 5.92 Å². The van der Waals surface area contributed by atoms with Gasteiger partial charge in [0.05, 0.1) is 6.04 Å². The zero-order chi connectivity index (χ0) is 17.8. The molecule has 0 spiro atoms. The zero-order valence-corrected chi connectivity index (χ0v) is 15.6. The predicted octanol–water partition coefficient (Wildman–Crippen LogP) is 4.06. The molecule has 1 aromatic carbocycles. The lowest BCUT2D eigenvalue weighted by atomic mass is 10.0. The van der Waals surface area contributed by atoms with E-state index in [-0.39, 0.29) is 12.1 Å². The van der Waals surface area contributed by atoms with E-state index in [1.54, 1.807) is 23.3 Å². The Bertz CT molecular complexity index is 715. The Kier molecular flexibility index (Phi) is 5.48. The molecule has 1 N–H and O–H groups in total. The number of ether oxygens (including phenoxy) is 2. The van der Waals surface area contributed by atoms with Crippen molar-refractivity contribution >= 4 is 17.4 Å². The first-order chi connectivity index (χ1) is 12.0. The minimum atomic E-state index is -0.0815. The molecule has 5 nitrogen and oxygen atoms in total. The second kappa shape index (κ2) is 7.78. The number of carbonyl (C=O) groups is 1. The molecule has 2 aromatic rings. The Morgan fingerprint density at radius 3 is 2.68 bits per heavy atom. The first-order valence-corrected chi connectivity index (χ1v) is 9.36. The summed E-state index contributed by atoms with van der Waals surface area (Å²) in [6.07, 6.45) is 0. The number of nitrogens with one attached hydrogen (secondary N) is 1.